The minimum absolute atomic E-state index is 0.0844. The number of benzene rings is 1. The van der Waals surface area contributed by atoms with Gasteiger partial charge in [0.05, 0.1) is 11.3 Å². The molecule has 1 aromatic heterocycles. The molecule has 1 heterocycles. The van der Waals surface area contributed by atoms with Crippen LogP contribution in [0.3, 0.4) is 0 Å². The fourth-order valence-corrected chi connectivity index (χ4v) is 2.56. The first kappa shape index (κ1) is 14.0. The zero-order chi connectivity index (χ0) is 14.0. The van der Waals surface area contributed by atoms with Gasteiger partial charge in [-0.15, -0.1) is 11.3 Å². The highest BCUT2D eigenvalue weighted by Crippen LogP contribution is 2.24. The maximum absolute atomic E-state index is 13.2. The third kappa shape index (κ3) is 3.30. The maximum atomic E-state index is 13.2. The van der Waals surface area contributed by atoms with Gasteiger partial charge in [0, 0.05) is 15.5 Å². The third-order valence-electron chi connectivity index (χ3n) is 2.30. The Kier molecular flexibility index (Phi) is 4.16. The summed E-state index contributed by atoms with van der Waals surface area (Å²) in [5.41, 5.74) is 6.39. The van der Waals surface area contributed by atoms with Gasteiger partial charge in [0.25, 0.3) is 0 Å². The van der Waals surface area contributed by atoms with Crippen LogP contribution in [0.2, 0.25) is 0 Å². The predicted molar refractivity (Wildman–Crippen MR) is 74.5 cm³/mol. The second-order valence-corrected chi connectivity index (χ2v) is 5.61. The Balaban J connectivity index is 2.10. The highest BCUT2D eigenvalue weighted by molar-refractivity contribution is 9.10. The van der Waals surface area contributed by atoms with Crippen molar-refractivity contribution < 1.29 is 13.9 Å². The van der Waals surface area contributed by atoms with Crippen molar-refractivity contribution in [3.8, 4) is 0 Å². The van der Waals surface area contributed by atoms with Crippen LogP contribution in [0.15, 0.2) is 22.0 Å². The third-order valence-corrected chi connectivity index (χ3v) is 3.90. The van der Waals surface area contributed by atoms with Gasteiger partial charge in [0.2, 0.25) is 0 Å². The zero-order valence-corrected chi connectivity index (χ0v) is 12.3. The van der Waals surface area contributed by atoms with E-state index in [1.54, 1.807) is 0 Å². The maximum Gasteiger partial charge on any atom is 0.339 e. The van der Waals surface area contributed by atoms with Crippen LogP contribution in [-0.2, 0) is 11.3 Å². The van der Waals surface area contributed by atoms with Gasteiger partial charge in [-0.2, -0.15) is 0 Å². The van der Waals surface area contributed by atoms with Crippen molar-refractivity contribution in [3.63, 3.8) is 0 Å². The minimum Gasteiger partial charge on any atom is -0.455 e. The van der Waals surface area contributed by atoms with E-state index in [1.807, 2.05) is 12.3 Å². The van der Waals surface area contributed by atoms with E-state index in [4.69, 9.17) is 10.5 Å². The van der Waals surface area contributed by atoms with Crippen molar-refractivity contribution in [1.82, 2.24) is 4.98 Å². The molecule has 0 saturated carbocycles. The molecule has 19 heavy (non-hydrogen) atoms. The second kappa shape index (κ2) is 5.66. The smallest absolute Gasteiger partial charge is 0.339 e. The van der Waals surface area contributed by atoms with E-state index in [9.17, 15) is 9.18 Å². The van der Waals surface area contributed by atoms with E-state index in [-0.39, 0.29) is 17.9 Å². The van der Waals surface area contributed by atoms with Gasteiger partial charge < -0.3 is 10.5 Å². The van der Waals surface area contributed by atoms with E-state index >= 15 is 0 Å². The first-order chi connectivity index (χ1) is 8.97. The van der Waals surface area contributed by atoms with E-state index < -0.39 is 11.8 Å². The van der Waals surface area contributed by atoms with E-state index in [0.29, 0.717) is 9.48 Å². The monoisotopic (exact) mass is 344 g/mol. The lowest BCUT2D eigenvalue weighted by atomic mass is 10.2. The van der Waals surface area contributed by atoms with Crippen molar-refractivity contribution >= 4 is 38.9 Å². The molecule has 0 amide bonds. The van der Waals surface area contributed by atoms with Crippen molar-refractivity contribution in [3.05, 3.63) is 44.1 Å². The fraction of sp³-hybridized carbons (Fsp3) is 0.167. The number of nitrogen functional groups attached to an aromatic ring is 1. The predicted octanol–water partition coefficient (Wildman–Crippen LogP) is 3.29. The summed E-state index contributed by atoms with van der Waals surface area (Å²) in [5.74, 6) is -1.16. The summed E-state index contributed by atoms with van der Waals surface area (Å²) in [7, 11) is 0. The average Bonchev–Trinajstić information content (AvgIpc) is 2.77. The summed E-state index contributed by atoms with van der Waals surface area (Å²) in [4.78, 5) is 16.0. The Morgan fingerprint density at radius 1 is 1.58 bits per heavy atom. The first-order valence-corrected chi connectivity index (χ1v) is 6.97. The average molecular weight is 345 g/mol. The number of rotatable bonds is 3. The molecule has 0 bridgehead atoms. The molecular formula is C12H10BrFN2O2S. The molecule has 0 radical (unpaired) electrons. The van der Waals surface area contributed by atoms with Gasteiger partial charge in [0.15, 0.2) is 0 Å². The molecule has 2 N–H and O–H groups in total. The number of aryl methyl sites for hydroxylation is 1. The lowest BCUT2D eigenvalue weighted by Crippen LogP contribution is -2.07. The Hall–Kier alpha value is -1.47. The van der Waals surface area contributed by atoms with Gasteiger partial charge in [-0.25, -0.2) is 14.2 Å². The van der Waals surface area contributed by atoms with E-state index in [2.05, 4.69) is 20.9 Å². The summed E-state index contributed by atoms with van der Waals surface area (Å²) >= 11 is 4.51. The zero-order valence-electron chi connectivity index (χ0n) is 9.94. The Labute approximate surface area is 121 Å². The molecule has 2 aromatic rings. The van der Waals surface area contributed by atoms with Crippen molar-refractivity contribution in [2.75, 3.05) is 5.73 Å². The number of halogens is 2. The number of thiazole rings is 1. The van der Waals surface area contributed by atoms with E-state index in [0.717, 1.165) is 11.8 Å². The lowest BCUT2D eigenvalue weighted by Gasteiger charge is -2.06. The Morgan fingerprint density at radius 3 is 2.95 bits per heavy atom. The van der Waals surface area contributed by atoms with Gasteiger partial charge >= 0.3 is 5.97 Å². The fourth-order valence-electron chi connectivity index (χ4n) is 1.40. The number of carbonyl (C=O) groups excluding carboxylic acids is 1. The molecule has 1 aromatic carbocycles. The second-order valence-electron chi connectivity index (χ2n) is 3.81. The normalized spacial score (nSPS) is 10.5. The van der Waals surface area contributed by atoms with Crippen LogP contribution in [0, 0.1) is 12.7 Å². The number of aromatic nitrogens is 1. The molecule has 0 atom stereocenters. The molecule has 7 heteroatoms. The van der Waals surface area contributed by atoms with Crippen molar-refractivity contribution in [1.29, 1.82) is 0 Å². The highest BCUT2D eigenvalue weighted by atomic mass is 79.9. The van der Waals surface area contributed by atoms with Gasteiger partial charge in [-0.05, 0) is 35.0 Å². The minimum atomic E-state index is -0.584. The number of anilines is 1. The largest absolute Gasteiger partial charge is 0.455 e. The van der Waals surface area contributed by atoms with E-state index in [1.165, 1.54) is 17.4 Å². The number of hydrogen-bond donors (Lipinski definition) is 1. The summed E-state index contributed by atoms with van der Waals surface area (Å²) < 4.78 is 18.6. The lowest BCUT2D eigenvalue weighted by molar-refractivity contribution is 0.0471. The topological polar surface area (TPSA) is 65.2 Å². The van der Waals surface area contributed by atoms with Crippen LogP contribution in [0.25, 0.3) is 0 Å². The summed E-state index contributed by atoms with van der Waals surface area (Å²) in [6, 6.07) is 2.38. The quantitative estimate of drug-likeness (QED) is 0.685. The molecule has 4 nitrogen and oxygen atoms in total. The number of esters is 1. The van der Waals surface area contributed by atoms with Crippen LogP contribution in [0.1, 0.15) is 21.1 Å². The molecule has 100 valence electrons. The first-order valence-electron chi connectivity index (χ1n) is 5.30. The van der Waals surface area contributed by atoms with Crippen LogP contribution in [0.4, 0.5) is 10.1 Å². The number of ether oxygens (including phenoxy) is 1. The number of nitrogens with two attached hydrogens (primary N) is 1. The summed E-state index contributed by atoms with van der Waals surface area (Å²) in [6.45, 7) is 1.94. The summed E-state index contributed by atoms with van der Waals surface area (Å²) in [6.07, 6.45) is 0. The number of nitrogens with zero attached hydrogens (tertiary/aromatic N) is 1. The van der Waals surface area contributed by atoms with Crippen LogP contribution < -0.4 is 5.73 Å². The van der Waals surface area contributed by atoms with Crippen molar-refractivity contribution in [2.24, 2.45) is 0 Å². The Morgan fingerprint density at radius 2 is 2.32 bits per heavy atom. The van der Waals surface area contributed by atoms with Gasteiger partial charge in [-0.3, -0.25) is 0 Å². The summed E-state index contributed by atoms with van der Waals surface area (Å²) in [5, 5.41) is 2.58. The molecule has 0 aliphatic heterocycles. The number of carbonyl (C=O) groups is 1. The molecule has 0 spiro atoms. The van der Waals surface area contributed by atoms with Gasteiger partial charge in [-0.1, -0.05) is 0 Å². The van der Waals surface area contributed by atoms with Crippen LogP contribution in [0.5, 0.6) is 0 Å². The molecule has 0 aliphatic carbocycles. The molecule has 0 saturated heterocycles. The molecule has 2 rings (SSSR count). The standard InChI is InChI=1S/C12H10BrFN2O2S/c1-6-5-19-11(16-6)4-18-12(17)7-2-10(15)9(14)3-8(7)13/h2-3,5H,4,15H2,1H3. The van der Waals surface area contributed by atoms with Crippen LogP contribution in [-0.4, -0.2) is 11.0 Å². The highest BCUT2D eigenvalue weighted by Gasteiger charge is 2.15. The van der Waals surface area contributed by atoms with Crippen molar-refractivity contribution in [2.45, 2.75) is 13.5 Å². The molecule has 0 aliphatic rings. The number of hydrogen-bond acceptors (Lipinski definition) is 5. The Bertz CT molecular complexity index is 630. The van der Waals surface area contributed by atoms with Gasteiger partial charge in [0.1, 0.15) is 17.4 Å². The molecular weight excluding hydrogens is 335 g/mol. The SMILES string of the molecule is Cc1csc(COC(=O)c2cc(N)c(F)cc2Br)n1. The van der Waals surface area contributed by atoms with Crippen LogP contribution >= 0.6 is 27.3 Å². The molecule has 0 fully saturated rings. The molecule has 0 unspecified atom stereocenters.